The van der Waals surface area contributed by atoms with Crippen LogP contribution < -0.4 is 5.32 Å². The Morgan fingerprint density at radius 2 is 1.95 bits per heavy atom. The first-order valence-corrected chi connectivity index (χ1v) is 6.68. The molecule has 0 bridgehead atoms. The molecule has 3 rings (SSSR count). The van der Waals surface area contributed by atoms with Gasteiger partial charge in [0.05, 0.1) is 12.2 Å². The molecule has 0 spiro atoms. The Morgan fingerprint density at radius 1 is 1.11 bits per heavy atom. The molecule has 5 heteroatoms. The van der Waals surface area contributed by atoms with Crippen LogP contribution in [0.4, 0.5) is 5.69 Å². The van der Waals surface area contributed by atoms with E-state index in [1.54, 1.807) is 6.20 Å². The summed E-state index contributed by atoms with van der Waals surface area (Å²) in [5.74, 6) is 0.893. The molecule has 3 aromatic rings. The van der Waals surface area contributed by atoms with Crippen molar-refractivity contribution in [2.75, 3.05) is 5.32 Å². The number of furan rings is 1. The molecule has 96 valence electrons. The molecule has 0 aliphatic carbocycles. The van der Waals surface area contributed by atoms with Gasteiger partial charge in [-0.1, -0.05) is 12.1 Å². The lowest BCUT2D eigenvalue weighted by Gasteiger charge is -2.05. The van der Waals surface area contributed by atoms with Gasteiger partial charge in [0.25, 0.3) is 0 Å². The number of aromatic amines is 1. The van der Waals surface area contributed by atoms with Crippen LogP contribution in [0.15, 0.2) is 57.7 Å². The van der Waals surface area contributed by atoms with Gasteiger partial charge in [-0.2, -0.15) is 5.10 Å². The summed E-state index contributed by atoms with van der Waals surface area (Å²) in [7, 11) is 0. The highest BCUT2D eigenvalue weighted by Crippen LogP contribution is 2.20. The second-order valence-corrected chi connectivity index (χ2v) is 4.89. The van der Waals surface area contributed by atoms with Gasteiger partial charge in [-0.25, -0.2) is 0 Å². The van der Waals surface area contributed by atoms with E-state index in [1.165, 1.54) is 0 Å². The van der Waals surface area contributed by atoms with E-state index in [2.05, 4.69) is 31.4 Å². The molecular weight excluding hydrogens is 306 g/mol. The van der Waals surface area contributed by atoms with E-state index >= 15 is 0 Å². The number of nitrogens with one attached hydrogen (secondary N) is 2. The maximum absolute atomic E-state index is 5.43. The second-order valence-electron chi connectivity index (χ2n) is 4.11. The van der Waals surface area contributed by atoms with Gasteiger partial charge in [-0.05, 0) is 51.8 Å². The molecule has 0 saturated carbocycles. The Balaban J connectivity index is 1.66. The van der Waals surface area contributed by atoms with Crippen LogP contribution in [0.3, 0.4) is 0 Å². The third-order valence-corrected chi connectivity index (χ3v) is 3.22. The summed E-state index contributed by atoms with van der Waals surface area (Å²) in [4.78, 5) is 0. The highest BCUT2D eigenvalue weighted by molar-refractivity contribution is 9.10. The van der Waals surface area contributed by atoms with Crippen LogP contribution in [0, 0.1) is 0 Å². The molecule has 0 saturated heterocycles. The molecule has 2 aromatic heterocycles. The first-order valence-electron chi connectivity index (χ1n) is 5.89. The number of aromatic nitrogens is 2. The lowest BCUT2D eigenvalue weighted by molar-refractivity contribution is 0.495. The molecule has 0 aliphatic rings. The molecule has 0 aliphatic heterocycles. The van der Waals surface area contributed by atoms with Crippen molar-refractivity contribution in [1.82, 2.24) is 10.2 Å². The number of hydrogen-bond donors (Lipinski definition) is 2. The molecule has 2 N–H and O–H groups in total. The summed E-state index contributed by atoms with van der Waals surface area (Å²) in [5, 5.41) is 10.2. The molecule has 0 radical (unpaired) electrons. The van der Waals surface area contributed by atoms with Crippen molar-refractivity contribution in [1.29, 1.82) is 0 Å². The van der Waals surface area contributed by atoms with Crippen LogP contribution in [-0.4, -0.2) is 10.2 Å². The lowest BCUT2D eigenvalue weighted by Crippen LogP contribution is -1.97. The number of halogens is 1. The van der Waals surface area contributed by atoms with E-state index in [9.17, 15) is 0 Å². The van der Waals surface area contributed by atoms with Gasteiger partial charge < -0.3 is 9.73 Å². The molecule has 2 heterocycles. The van der Waals surface area contributed by atoms with Gasteiger partial charge in [0, 0.05) is 11.9 Å². The van der Waals surface area contributed by atoms with Crippen molar-refractivity contribution in [3.05, 3.63) is 59.1 Å². The number of anilines is 1. The largest absolute Gasteiger partial charge is 0.452 e. The Morgan fingerprint density at radius 3 is 2.58 bits per heavy atom. The van der Waals surface area contributed by atoms with Crippen LogP contribution >= 0.6 is 15.9 Å². The molecule has 19 heavy (non-hydrogen) atoms. The Hall–Kier alpha value is -2.01. The van der Waals surface area contributed by atoms with Gasteiger partial charge >= 0.3 is 0 Å². The predicted octanol–water partition coefficient (Wildman–Crippen LogP) is 4.04. The standard InChI is InChI=1S/C14H12BrN3O/c15-14-6-5-12(19-14)9-16-11-3-1-10(2-4-11)13-7-8-17-18-13/h1-8,16H,9H2,(H,17,18). The Labute approximate surface area is 119 Å². The summed E-state index contributed by atoms with van der Waals surface area (Å²) in [6, 6.07) is 13.9. The fraction of sp³-hybridized carbons (Fsp3) is 0.0714. The van der Waals surface area contributed by atoms with Crippen molar-refractivity contribution >= 4 is 21.6 Å². The number of hydrogen-bond acceptors (Lipinski definition) is 3. The average Bonchev–Trinajstić information content (AvgIpc) is 3.08. The van der Waals surface area contributed by atoms with Crippen molar-refractivity contribution in [3.8, 4) is 11.3 Å². The van der Waals surface area contributed by atoms with Gasteiger partial charge in [0.1, 0.15) is 5.76 Å². The third-order valence-electron chi connectivity index (χ3n) is 2.79. The van der Waals surface area contributed by atoms with Gasteiger partial charge in [-0.15, -0.1) is 0 Å². The fourth-order valence-electron chi connectivity index (χ4n) is 1.82. The minimum atomic E-state index is 0.662. The first kappa shape index (κ1) is 12.0. The minimum absolute atomic E-state index is 0.662. The van der Waals surface area contributed by atoms with Crippen LogP contribution in [0.25, 0.3) is 11.3 Å². The molecule has 4 nitrogen and oxygen atoms in total. The smallest absolute Gasteiger partial charge is 0.169 e. The van der Waals surface area contributed by atoms with Crippen LogP contribution in [0.1, 0.15) is 5.76 Å². The zero-order valence-corrected chi connectivity index (χ0v) is 11.6. The van der Waals surface area contributed by atoms with E-state index in [4.69, 9.17) is 4.42 Å². The highest BCUT2D eigenvalue weighted by Gasteiger charge is 2.01. The Kier molecular flexibility index (Phi) is 3.37. The van der Waals surface area contributed by atoms with Crippen molar-refractivity contribution < 1.29 is 4.42 Å². The molecule has 0 fully saturated rings. The van der Waals surface area contributed by atoms with E-state index in [0.29, 0.717) is 6.54 Å². The molecule has 0 atom stereocenters. The fourth-order valence-corrected chi connectivity index (χ4v) is 2.16. The highest BCUT2D eigenvalue weighted by atomic mass is 79.9. The van der Waals surface area contributed by atoms with Crippen molar-refractivity contribution in [3.63, 3.8) is 0 Å². The summed E-state index contributed by atoms with van der Waals surface area (Å²) < 4.78 is 6.18. The molecule has 0 unspecified atom stereocenters. The van der Waals surface area contributed by atoms with Crippen LogP contribution in [0.5, 0.6) is 0 Å². The van der Waals surface area contributed by atoms with E-state index in [0.717, 1.165) is 27.4 Å². The zero-order chi connectivity index (χ0) is 13.1. The maximum atomic E-state index is 5.43. The van der Waals surface area contributed by atoms with E-state index in [-0.39, 0.29) is 0 Å². The SMILES string of the molecule is Brc1ccc(CNc2ccc(-c3ccn[nH]3)cc2)o1. The summed E-state index contributed by atoms with van der Waals surface area (Å²) in [6.07, 6.45) is 1.75. The summed E-state index contributed by atoms with van der Waals surface area (Å²) in [6.45, 7) is 0.662. The first-order chi connectivity index (χ1) is 9.31. The van der Waals surface area contributed by atoms with Crippen molar-refractivity contribution in [2.24, 2.45) is 0 Å². The topological polar surface area (TPSA) is 53.9 Å². The van der Waals surface area contributed by atoms with Crippen molar-refractivity contribution in [2.45, 2.75) is 6.54 Å². The van der Waals surface area contributed by atoms with Crippen LogP contribution in [0.2, 0.25) is 0 Å². The minimum Gasteiger partial charge on any atom is -0.452 e. The average molecular weight is 318 g/mol. The monoisotopic (exact) mass is 317 g/mol. The molecule has 1 aromatic carbocycles. The zero-order valence-electron chi connectivity index (χ0n) is 10.1. The normalized spacial score (nSPS) is 10.6. The maximum Gasteiger partial charge on any atom is 0.169 e. The number of benzene rings is 1. The van der Waals surface area contributed by atoms with Gasteiger partial charge in [0.2, 0.25) is 0 Å². The third kappa shape index (κ3) is 2.88. The molecule has 0 amide bonds. The van der Waals surface area contributed by atoms with Gasteiger partial charge in [-0.3, -0.25) is 5.10 Å². The van der Waals surface area contributed by atoms with E-state index in [1.807, 2.05) is 42.5 Å². The predicted molar refractivity (Wildman–Crippen MR) is 77.8 cm³/mol. The number of rotatable bonds is 4. The quantitative estimate of drug-likeness (QED) is 0.763. The number of H-pyrrole nitrogens is 1. The summed E-state index contributed by atoms with van der Waals surface area (Å²) >= 11 is 3.29. The van der Waals surface area contributed by atoms with Gasteiger partial charge in [0.15, 0.2) is 4.67 Å². The van der Waals surface area contributed by atoms with E-state index < -0.39 is 0 Å². The Bertz CT molecular complexity index is 644. The number of nitrogens with zero attached hydrogens (tertiary/aromatic N) is 1. The van der Waals surface area contributed by atoms with Crippen LogP contribution in [-0.2, 0) is 6.54 Å². The summed E-state index contributed by atoms with van der Waals surface area (Å²) in [5.41, 5.74) is 3.18. The lowest BCUT2D eigenvalue weighted by atomic mass is 10.1. The second kappa shape index (κ2) is 5.32. The molecular formula is C14H12BrN3O.